The molecule has 0 atom stereocenters. The third-order valence-corrected chi connectivity index (χ3v) is 2.82. The molecule has 0 radical (unpaired) electrons. The van der Waals surface area contributed by atoms with Gasteiger partial charge >= 0.3 is 6.18 Å². The van der Waals surface area contributed by atoms with E-state index in [1.807, 2.05) is 0 Å². The van der Waals surface area contributed by atoms with Crippen LogP contribution in [0.5, 0.6) is 0 Å². The lowest BCUT2D eigenvalue weighted by Crippen LogP contribution is -2.08. The molecule has 0 aliphatic carbocycles. The number of anilines is 1. The molecule has 0 unspecified atom stereocenters. The van der Waals surface area contributed by atoms with Gasteiger partial charge in [-0.25, -0.2) is 0 Å². The molecule has 0 aromatic heterocycles. The van der Waals surface area contributed by atoms with Crippen LogP contribution >= 0.6 is 15.9 Å². The van der Waals surface area contributed by atoms with Crippen molar-refractivity contribution >= 4 is 21.6 Å². The van der Waals surface area contributed by atoms with Crippen LogP contribution in [0.25, 0.3) is 0 Å². The number of hydrogen-bond acceptors (Lipinski definition) is 2. The van der Waals surface area contributed by atoms with E-state index in [0.29, 0.717) is 5.69 Å². The van der Waals surface area contributed by atoms with E-state index in [1.165, 1.54) is 0 Å². The molecular weight excluding hydrogens is 299 g/mol. The summed E-state index contributed by atoms with van der Waals surface area (Å²) in [6, 6.07) is 5.23. The third-order valence-electron chi connectivity index (χ3n) is 2.08. The van der Waals surface area contributed by atoms with Crippen LogP contribution in [0.4, 0.5) is 18.9 Å². The maximum atomic E-state index is 11.8. The van der Waals surface area contributed by atoms with Crippen molar-refractivity contribution in [2.75, 3.05) is 12.3 Å². The minimum atomic E-state index is -4.11. The summed E-state index contributed by atoms with van der Waals surface area (Å²) in [4.78, 5) is 0. The Kier molecular flexibility index (Phi) is 5.27. The highest BCUT2D eigenvalue weighted by atomic mass is 79.9. The summed E-state index contributed by atoms with van der Waals surface area (Å²) in [7, 11) is 0. The summed E-state index contributed by atoms with van der Waals surface area (Å²) in [5.41, 5.74) is 7.05. The molecule has 96 valence electrons. The Balaban J connectivity index is 2.27. The molecule has 2 nitrogen and oxygen atoms in total. The molecule has 6 heteroatoms. The van der Waals surface area contributed by atoms with Crippen LogP contribution in [0.2, 0.25) is 0 Å². The van der Waals surface area contributed by atoms with Gasteiger partial charge in [-0.15, -0.1) is 0 Å². The van der Waals surface area contributed by atoms with Gasteiger partial charge in [0.1, 0.15) is 0 Å². The summed E-state index contributed by atoms with van der Waals surface area (Å²) in [5.74, 6) is 0. The van der Waals surface area contributed by atoms with E-state index >= 15 is 0 Å². The molecule has 0 aliphatic rings. The number of benzene rings is 1. The van der Waals surface area contributed by atoms with Crippen LogP contribution in [-0.4, -0.2) is 12.8 Å². The first-order valence-electron chi connectivity index (χ1n) is 5.07. The van der Waals surface area contributed by atoms with Crippen molar-refractivity contribution in [2.45, 2.75) is 25.6 Å². The summed E-state index contributed by atoms with van der Waals surface area (Å²) < 4.78 is 41.5. The van der Waals surface area contributed by atoms with Crippen molar-refractivity contribution in [3.05, 3.63) is 28.2 Å². The average Bonchev–Trinajstić information content (AvgIpc) is 2.18. The number of alkyl halides is 3. The van der Waals surface area contributed by atoms with Gasteiger partial charge in [-0.2, -0.15) is 13.2 Å². The van der Waals surface area contributed by atoms with Crippen molar-refractivity contribution in [2.24, 2.45) is 0 Å². The van der Waals surface area contributed by atoms with Gasteiger partial charge in [-0.1, -0.05) is 22.0 Å². The van der Waals surface area contributed by atoms with E-state index in [9.17, 15) is 13.2 Å². The van der Waals surface area contributed by atoms with E-state index in [4.69, 9.17) is 10.5 Å². The lowest BCUT2D eigenvalue weighted by atomic mass is 10.2. The largest absolute Gasteiger partial charge is 0.399 e. The lowest BCUT2D eigenvalue weighted by molar-refractivity contribution is -0.138. The second kappa shape index (κ2) is 6.26. The molecule has 2 N–H and O–H groups in total. The molecule has 0 saturated carbocycles. The van der Waals surface area contributed by atoms with E-state index in [2.05, 4.69) is 15.9 Å². The Labute approximate surface area is 106 Å². The first-order valence-corrected chi connectivity index (χ1v) is 5.86. The van der Waals surface area contributed by atoms with Crippen LogP contribution in [0.15, 0.2) is 22.7 Å². The SMILES string of the molecule is Nc1ccc(COCCCC(F)(F)F)c(Br)c1. The predicted molar refractivity (Wildman–Crippen MR) is 63.5 cm³/mol. The second-order valence-electron chi connectivity index (χ2n) is 3.62. The monoisotopic (exact) mass is 311 g/mol. The standard InChI is InChI=1S/C11H13BrF3NO/c12-10-6-9(16)3-2-8(10)7-17-5-1-4-11(13,14)15/h2-3,6H,1,4-5,7,16H2. The molecule has 0 aliphatic heterocycles. The molecule has 0 spiro atoms. The van der Waals surface area contributed by atoms with E-state index < -0.39 is 12.6 Å². The summed E-state index contributed by atoms with van der Waals surface area (Å²) in [6.45, 7) is 0.370. The number of nitrogens with two attached hydrogens (primary N) is 1. The zero-order valence-electron chi connectivity index (χ0n) is 9.06. The smallest absolute Gasteiger partial charge is 0.389 e. The number of ether oxygens (including phenoxy) is 1. The van der Waals surface area contributed by atoms with Gasteiger partial charge in [0.15, 0.2) is 0 Å². The second-order valence-corrected chi connectivity index (χ2v) is 4.48. The van der Waals surface area contributed by atoms with Crippen LogP contribution in [-0.2, 0) is 11.3 Å². The predicted octanol–water partition coefficient (Wildman–Crippen LogP) is 3.89. The average molecular weight is 312 g/mol. The van der Waals surface area contributed by atoms with Gasteiger partial charge in [-0.3, -0.25) is 0 Å². The van der Waals surface area contributed by atoms with Crippen molar-refractivity contribution in [3.8, 4) is 0 Å². The van der Waals surface area contributed by atoms with Crippen molar-refractivity contribution in [1.82, 2.24) is 0 Å². The highest BCUT2D eigenvalue weighted by Crippen LogP contribution is 2.22. The number of hydrogen-bond donors (Lipinski definition) is 1. The summed E-state index contributed by atoms with van der Waals surface area (Å²) in [5, 5.41) is 0. The highest BCUT2D eigenvalue weighted by Gasteiger charge is 2.25. The number of nitrogen functional groups attached to an aromatic ring is 1. The van der Waals surface area contributed by atoms with Gasteiger partial charge < -0.3 is 10.5 Å². The Morgan fingerprint density at radius 1 is 1.29 bits per heavy atom. The van der Waals surface area contributed by atoms with E-state index in [0.717, 1.165) is 10.0 Å². The molecule has 0 fully saturated rings. The lowest BCUT2D eigenvalue weighted by Gasteiger charge is -2.08. The molecule has 1 aromatic carbocycles. The molecule has 1 rings (SSSR count). The van der Waals surface area contributed by atoms with Gasteiger partial charge in [0.25, 0.3) is 0 Å². The van der Waals surface area contributed by atoms with Crippen LogP contribution < -0.4 is 5.73 Å². The Morgan fingerprint density at radius 2 is 2.00 bits per heavy atom. The third kappa shape index (κ3) is 5.93. The maximum Gasteiger partial charge on any atom is 0.389 e. The van der Waals surface area contributed by atoms with Crippen molar-refractivity contribution < 1.29 is 17.9 Å². The van der Waals surface area contributed by atoms with Crippen LogP contribution in [0.1, 0.15) is 18.4 Å². The fourth-order valence-electron chi connectivity index (χ4n) is 1.24. The van der Waals surface area contributed by atoms with Gasteiger partial charge in [-0.05, 0) is 24.1 Å². The molecule has 0 amide bonds. The molecule has 0 saturated heterocycles. The topological polar surface area (TPSA) is 35.2 Å². The summed E-state index contributed by atoms with van der Waals surface area (Å²) in [6.07, 6.45) is -4.93. The van der Waals surface area contributed by atoms with E-state index in [-0.39, 0.29) is 19.6 Å². The molecule has 0 heterocycles. The Bertz CT molecular complexity index is 368. The zero-order chi connectivity index (χ0) is 12.9. The first kappa shape index (κ1) is 14.3. The van der Waals surface area contributed by atoms with Crippen molar-refractivity contribution in [1.29, 1.82) is 0 Å². The van der Waals surface area contributed by atoms with Gasteiger partial charge in [0, 0.05) is 23.2 Å². The first-order chi connectivity index (χ1) is 7.88. The number of halogens is 4. The van der Waals surface area contributed by atoms with E-state index in [1.54, 1.807) is 18.2 Å². The fourth-order valence-corrected chi connectivity index (χ4v) is 1.75. The van der Waals surface area contributed by atoms with Crippen LogP contribution in [0, 0.1) is 0 Å². The molecular formula is C11H13BrF3NO. The Hall–Kier alpha value is -0.750. The fraction of sp³-hybridized carbons (Fsp3) is 0.455. The maximum absolute atomic E-state index is 11.8. The van der Waals surface area contributed by atoms with Gasteiger partial charge in [0.2, 0.25) is 0 Å². The molecule has 0 bridgehead atoms. The minimum Gasteiger partial charge on any atom is -0.399 e. The summed E-state index contributed by atoms with van der Waals surface area (Å²) >= 11 is 3.31. The highest BCUT2D eigenvalue weighted by molar-refractivity contribution is 9.10. The van der Waals surface area contributed by atoms with Crippen LogP contribution in [0.3, 0.4) is 0 Å². The quantitative estimate of drug-likeness (QED) is 0.661. The minimum absolute atomic E-state index is 0.0178. The molecule has 1 aromatic rings. The Morgan fingerprint density at radius 3 is 2.59 bits per heavy atom. The molecule has 17 heavy (non-hydrogen) atoms. The normalized spacial score (nSPS) is 11.8. The van der Waals surface area contributed by atoms with Crippen molar-refractivity contribution in [3.63, 3.8) is 0 Å². The van der Waals surface area contributed by atoms with Gasteiger partial charge in [0.05, 0.1) is 6.61 Å². The number of rotatable bonds is 5. The zero-order valence-corrected chi connectivity index (χ0v) is 10.6.